The number of carbonyl (C=O) groups excluding carboxylic acids is 2. The second kappa shape index (κ2) is 25.2. The van der Waals surface area contributed by atoms with E-state index < -0.39 is 123 Å². The first-order valence-corrected chi connectivity index (χ1v) is 26.7. The summed E-state index contributed by atoms with van der Waals surface area (Å²) < 4.78 is 24.2. The van der Waals surface area contributed by atoms with E-state index in [0.717, 1.165) is 19.6 Å². The highest BCUT2D eigenvalue weighted by Gasteiger charge is 2.56. The number of benzene rings is 6. The number of hydrogen-bond acceptors (Lipinski definition) is 22. The molecule has 30 heteroatoms. The van der Waals surface area contributed by atoms with E-state index in [-0.39, 0.29) is 128 Å². The molecule has 12 N–H and O–H groups in total. The fourth-order valence-corrected chi connectivity index (χ4v) is 11.3. The van der Waals surface area contributed by atoms with Gasteiger partial charge in [0.1, 0.15) is 46.0 Å². The van der Waals surface area contributed by atoms with E-state index in [4.69, 9.17) is 18.9 Å². The summed E-state index contributed by atoms with van der Waals surface area (Å²) in [5, 5.41) is 118. The third-order valence-electron chi connectivity index (χ3n) is 14.7. The Morgan fingerprint density at radius 2 is 0.533 bits per heavy atom. The average Bonchev–Trinajstić information content (AvgIpc) is 1.41. The Morgan fingerprint density at radius 1 is 0.322 bits per heavy atom. The second-order valence-electron chi connectivity index (χ2n) is 21.1. The van der Waals surface area contributed by atoms with Crippen molar-refractivity contribution in [2.45, 2.75) is 37.4 Å². The van der Waals surface area contributed by atoms with Crippen molar-refractivity contribution in [3.63, 3.8) is 0 Å². The number of aromatic hydroxyl groups is 4. The van der Waals surface area contributed by atoms with Crippen LogP contribution in [0.15, 0.2) is 97.1 Å². The van der Waals surface area contributed by atoms with Gasteiger partial charge in [0, 0.05) is 106 Å². The van der Waals surface area contributed by atoms with Crippen LogP contribution in [0, 0.1) is 0 Å². The number of carbonyl (C=O) groups is 10. The SMILES string of the molecule is O=C(O)CN(CC(=O)O)Cc1cc2c(cc1O)Oc1cc(O)c(CN(CC(=O)O)CC(=O)O)cc1C21OC(=O)c2ccccc21.O=C(O)CN(CC(=O)O)Cc1cc2c(cc1O)Oc1cc(O)c(CN(CC(=O)O)CC(=O)O)cc1C21OC(=O)c2ccccc21. The minimum Gasteiger partial charge on any atom is -0.507 e. The highest BCUT2D eigenvalue weighted by molar-refractivity contribution is 5.98. The highest BCUT2D eigenvalue weighted by Crippen LogP contribution is 2.60. The number of carboxylic acid groups (broad SMARTS) is 8. The van der Waals surface area contributed by atoms with E-state index in [1.165, 1.54) is 60.7 Å². The monoisotopic (exact) mass is 1240 g/mol. The van der Waals surface area contributed by atoms with E-state index in [9.17, 15) is 109 Å². The van der Waals surface area contributed by atoms with Gasteiger partial charge in [0.15, 0.2) is 11.2 Å². The van der Waals surface area contributed by atoms with Crippen molar-refractivity contribution in [3.8, 4) is 46.0 Å². The molecule has 6 aromatic carbocycles. The molecule has 4 aliphatic rings. The van der Waals surface area contributed by atoms with Crippen LogP contribution in [0.1, 0.15) is 76.4 Å². The van der Waals surface area contributed by atoms with Crippen LogP contribution in [0.4, 0.5) is 0 Å². The largest absolute Gasteiger partial charge is 0.507 e. The molecule has 0 atom stereocenters. The van der Waals surface area contributed by atoms with Gasteiger partial charge in [-0.05, 0) is 36.4 Å². The van der Waals surface area contributed by atoms with Crippen molar-refractivity contribution in [3.05, 3.63) is 164 Å². The van der Waals surface area contributed by atoms with Crippen molar-refractivity contribution in [2.24, 2.45) is 0 Å². The number of fused-ring (bicyclic) bond motifs is 12. The minimum absolute atomic E-state index is 0.0156. The third kappa shape index (κ3) is 12.9. The number of rotatable bonds is 24. The third-order valence-corrected chi connectivity index (χ3v) is 14.7. The van der Waals surface area contributed by atoms with Gasteiger partial charge >= 0.3 is 59.7 Å². The lowest BCUT2D eigenvalue weighted by Crippen LogP contribution is -2.36. The molecule has 4 aliphatic heterocycles. The van der Waals surface area contributed by atoms with Gasteiger partial charge in [-0.3, -0.25) is 58.0 Å². The number of ether oxygens (including phenoxy) is 4. The predicted molar refractivity (Wildman–Crippen MR) is 298 cm³/mol. The van der Waals surface area contributed by atoms with Gasteiger partial charge < -0.3 is 80.2 Å². The number of nitrogens with zero attached hydrogens (tertiary/aromatic N) is 4. The molecule has 0 amide bonds. The normalized spacial score (nSPS) is 14.0. The fraction of sp³-hybridized carbons (Fsp3) is 0.233. The van der Waals surface area contributed by atoms with Crippen LogP contribution in [0.25, 0.3) is 0 Å². The maximum absolute atomic E-state index is 13.3. The summed E-state index contributed by atoms with van der Waals surface area (Å²) in [4.78, 5) is 122. The number of phenols is 4. The minimum atomic E-state index is -1.75. The number of phenolic OH excluding ortho intramolecular Hbond substituents is 4. The van der Waals surface area contributed by atoms with E-state index in [1.807, 2.05) is 0 Å². The number of aliphatic carboxylic acids is 8. The Labute approximate surface area is 505 Å². The summed E-state index contributed by atoms with van der Waals surface area (Å²) in [5.41, 5.74) is -1.27. The lowest BCUT2D eigenvalue weighted by atomic mass is 9.76. The van der Waals surface area contributed by atoms with Crippen LogP contribution >= 0.6 is 0 Å². The van der Waals surface area contributed by atoms with E-state index in [1.54, 1.807) is 36.4 Å². The van der Waals surface area contributed by atoms with Crippen molar-refractivity contribution in [1.29, 1.82) is 0 Å². The molecule has 0 aromatic heterocycles. The zero-order valence-corrected chi connectivity index (χ0v) is 46.6. The molecule has 0 radical (unpaired) electrons. The fourth-order valence-electron chi connectivity index (χ4n) is 11.3. The lowest BCUT2D eigenvalue weighted by Gasteiger charge is -2.37. The molecule has 0 aliphatic carbocycles. The zero-order chi connectivity index (χ0) is 65.3. The van der Waals surface area contributed by atoms with Crippen LogP contribution in [-0.4, -0.2) is 193 Å². The summed E-state index contributed by atoms with van der Waals surface area (Å²) in [6, 6.07) is 23.3. The van der Waals surface area contributed by atoms with Gasteiger partial charge in [0.2, 0.25) is 0 Å². The molecule has 30 nitrogen and oxygen atoms in total. The molecule has 0 saturated heterocycles. The standard InChI is InChI=1S/2C30H26N2O13/c2*33-21-7-23-19(5-15(21)9-31(11-25(35)36)12-26(37)38)30(18-4-2-1-3-17(18)29(43)45-30)20-6-16(22(34)8-24(20)44-23)10-32(13-27(39)40)14-28(41)42/h2*1-8,33-34H,9-14H2,(H,35,36)(H,37,38)(H,39,40)(H,41,42). The van der Waals surface area contributed by atoms with Gasteiger partial charge in [-0.2, -0.15) is 0 Å². The molecular weight excluding hydrogens is 1190 g/mol. The van der Waals surface area contributed by atoms with Crippen molar-refractivity contribution >= 4 is 59.7 Å². The Kier molecular flexibility index (Phi) is 17.7. The summed E-state index contributed by atoms with van der Waals surface area (Å²) in [5.74, 6) is -13.2. The van der Waals surface area contributed by atoms with Crippen LogP contribution in [0.2, 0.25) is 0 Å². The quantitative estimate of drug-likeness (QED) is 0.0387. The molecule has 0 unspecified atom stereocenters. The summed E-state index contributed by atoms with van der Waals surface area (Å²) in [6.07, 6.45) is 0. The van der Waals surface area contributed by atoms with E-state index >= 15 is 0 Å². The van der Waals surface area contributed by atoms with Gasteiger partial charge in [-0.1, -0.05) is 36.4 Å². The molecule has 2 spiro atoms. The van der Waals surface area contributed by atoms with Crippen molar-refractivity contribution in [2.75, 3.05) is 52.4 Å². The first kappa shape index (κ1) is 63.2. The molecular formula is C60H52N4O26. The van der Waals surface area contributed by atoms with Gasteiger partial charge in [0.25, 0.3) is 0 Å². The topological polar surface area (TPSA) is 463 Å². The molecule has 0 bridgehead atoms. The maximum atomic E-state index is 13.3. The summed E-state index contributed by atoms with van der Waals surface area (Å²) in [7, 11) is 0. The lowest BCUT2D eigenvalue weighted by molar-refractivity contribution is -0.144. The average molecular weight is 1250 g/mol. The molecule has 10 rings (SSSR count). The molecule has 0 fully saturated rings. The Bertz CT molecular complexity index is 3510. The van der Waals surface area contributed by atoms with Gasteiger partial charge in [-0.15, -0.1) is 0 Å². The predicted octanol–water partition coefficient (Wildman–Crippen LogP) is 3.22. The van der Waals surface area contributed by atoms with Crippen LogP contribution < -0.4 is 9.47 Å². The van der Waals surface area contributed by atoms with E-state index in [2.05, 4.69) is 0 Å². The molecule has 0 saturated carbocycles. The maximum Gasteiger partial charge on any atom is 0.340 e. The summed E-state index contributed by atoms with van der Waals surface area (Å²) in [6.45, 7) is -6.54. The Hall–Kier alpha value is -11.3. The van der Waals surface area contributed by atoms with Gasteiger partial charge in [-0.25, -0.2) is 9.59 Å². The highest BCUT2D eigenvalue weighted by atomic mass is 16.6. The van der Waals surface area contributed by atoms with Crippen molar-refractivity contribution in [1.82, 2.24) is 19.6 Å². The molecule has 468 valence electrons. The van der Waals surface area contributed by atoms with Crippen molar-refractivity contribution < 1.29 is 128 Å². The molecule has 6 aromatic rings. The smallest absolute Gasteiger partial charge is 0.340 e. The number of esters is 2. The number of carboxylic acids is 8. The van der Waals surface area contributed by atoms with Gasteiger partial charge in [0.05, 0.1) is 63.5 Å². The first-order chi connectivity index (χ1) is 42.6. The Morgan fingerprint density at radius 3 is 0.744 bits per heavy atom. The van der Waals surface area contributed by atoms with E-state index in [0.29, 0.717) is 11.1 Å². The molecule has 90 heavy (non-hydrogen) atoms. The first-order valence-electron chi connectivity index (χ1n) is 26.7. The summed E-state index contributed by atoms with van der Waals surface area (Å²) >= 11 is 0. The van der Waals surface area contributed by atoms with Crippen LogP contribution in [-0.2, 0) is 85.2 Å². The van der Waals surface area contributed by atoms with Crippen LogP contribution in [0.3, 0.4) is 0 Å². The second-order valence-corrected chi connectivity index (χ2v) is 21.1. The molecule has 4 heterocycles. The van der Waals surface area contributed by atoms with Crippen LogP contribution in [0.5, 0.6) is 46.0 Å². The number of hydrogen-bond donors (Lipinski definition) is 12. The zero-order valence-electron chi connectivity index (χ0n) is 46.6. The Balaban J connectivity index is 0.000000213.